The minimum absolute atomic E-state index is 0.260. The van der Waals surface area contributed by atoms with Gasteiger partial charge in [0.25, 0.3) is 0 Å². The summed E-state index contributed by atoms with van der Waals surface area (Å²) in [5, 5.41) is 11.3. The molecule has 0 unspecified atom stereocenters. The number of fused-ring (bicyclic) bond motifs is 4. The molecule has 0 radical (unpaired) electrons. The van der Waals surface area contributed by atoms with Crippen molar-refractivity contribution in [3.8, 4) is 17.1 Å². The Morgan fingerprint density at radius 1 is 1.00 bits per heavy atom. The standard InChI is InChI=1S/C23H19N3O3/c1-3-26-19-7-5-4-6-16(19)17-12-14(8-10-20(17)26)22-24-18-13-15(29-23(27)28)9-11-21(18)25(22)2/h4-13H,3H2,1-2H3,(H,27,28). The van der Waals surface area contributed by atoms with E-state index in [0.29, 0.717) is 5.52 Å². The van der Waals surface area contributed by atoms with Crippen LogP contribution in [-0.2, 0) is 13.6 Å². The van der Waals surface area contributed by atoms with Crippen LogP contribution in [0, 0.1) is 0 Å². The van der Waals surface area contributed by atoms with Crippen LogP contribution in [0.2, 0.25) is 0 Å². The lowest BCUT2D eigenvalue weighted by atomic mass is 10.1. The van der Waals surface area contributed by atoms with Crippen LogP contribution in [0.15, 0.2) is 60.7 Å². The quantitative estimate of drug-likeness (QED) is 0.332. The molecule has 0 spiro atoms. The number of rotatable bonds is 3. The van der Waals surface area contributed by atoms with Gasteiger partial charge in [-0.25, -0.2) is 9.78 Å². The maximum Gasteiger partial charge on any atom is 0.511 e. The van der Waals surface area contributed by atoms with Crippen LogP contribution < -0.4 is 4.74 Å². The van der Waals surface area contributed by atoms with E-state index in [1.165, 1.54) is 21.8 Å². The molecule has 6 nitrogen and oxygen atoms in total. The Balaban J connectivity index is 1.71. The predicted molar refractivity (Wildman–Crippen MR) is 113 cm³/mol. The topological polar surface area (TPSA) is 69.3 Å². The molecule has 6 heteroatoms. The fourth-order valence-corrected chi connectivity index (χ4v) is 4.14. The summed E-state index contributed by atoms with van der Waals surface area (Å²) in [6, 6.07) is 20.0. The number of nitrogens with zero attached hydrogens (tertiary/aromatic N) is 3. The minimum Gasteiger partial charge on any atom is -0.449 e. The van der Waals surface area contributed by atoms with Crippen LogP contribution in [0.25, 0.3) is 44.2 Å². The molecule has 2 aromatic heterocycles. The van der Waals surface area contributed by atoms with E-state index in [0.717, 1.165) is 23.4 Å². The van der Waals surface area contributed by atoms with Crippen LogP contribution in [0.5, 0.6) is 5.75 Å². The van der Waals surface area contributed by atoms with Gasteiger partial charge in [0.2, 0.25) is 0 Å². The van der Waals surface area contributed by atoms with E-state index in [4.69, 9.17) is 14.8 Å². The third kappa shape index (κ3) is 2.64. The Kier molecular flexibility index (Phi) is 3.81. The molecule has 144 valence electrons. The second-order valence-corrected chi connectivity index (χ2v) is 7.01. The van der Waals surface area contributed by atoms with Crippen LogP contribution in [-0.4, -0.2) is 25.4 Å². The Morgan fingerprint density at radius 2 is 1.76 bits per heavy atom. The normalized spacial score (nSPS) is 11.5. The molecule has 29 heavy (non-hydrogen) atoms. The van der Waals surface area contributed by atoms with Gasteiger partial charge in [-0.15, -0.1) is 0 Å². The zero-order chi connectivity index (χ0) is 20.1. The van der Waals surface area contributed by atoms with Crippen LogP contribution in [0.3, 0.4) is 0 Å². The smallest absolute Gasteiger partial charge is 0.449 e. The number of ether oxygens (including phenoxy) is 1. The van der Waals surface area contributed by atoms with Crippen molar-refractivity contribution >= 4 is 39.0 Å². The van der Waals surface area contributed by atoms with E-state index in [-0.39, 0.29) is 5.75 Å². The summed E-state index contributed by atoms with van der Waals surface area (Å²) >= 11 is 0. The first-order valence-corrected chi connectivity index (χ1v) is 9.45. The van der Waals surface area contributed by atoms with Crippen LogP contribution in [0.4, 0.5) is 4.79 Å². The zero-order valence-corrected chi connectivity index (χ0v) is 16.1. The van der Waals surface area contributed by atoms with Gasteiger partial charge in [-0.2, -0.15) is 0 Å². The first kappa shape index (κ1) is 17.3. The van der Waals surface area contributed by atoms with Gasteiger partial charge in [-0.05, 0) is 43.3 Å². The van der Waals surface area contributed by atoms with Gasteiger partial charge >= 0.3 is 6.16 Å². The average Bonchev–Trinajstić information content (AvgIpc) is 3.21. The van der Waals surface area contributed by atoms with Crippen molar-refractivity contribution in [3.63, 3.8) is 0 Å². The van der Waals surface area contributed by atoms with Gasteiger partial charge in [-0.1, -0.05) is 18.2 Å². The molecule has 0 aliphatic carbocycles. The van der Waals surface area contributed by atoms with Gasteiger partial charge in [0.15, 0.2) is 0 Å². The molecule has 5 rings (SSSR count). The molecule has 0 aliphatic heterocycles. The highest BCUT2D eigenvalue weighted by atomic mass is 16.7. The lowest BCUT2D eigenvalue weighted by Gasteiger charge is -2.05. The average molecular weight is 385 g/mol. The Bertz CT molecular complexity index is 1410. The van der Waals surface area contributed by atoms with Gasteiger partial charge in [0.1, 0.15) is 11.6 Å². The molecular weight excluding hydrogens is 366 g/mol. The summed E-state index contributed by atoms with van der Waals surface area (Å²) in [4.78, 5) is 15.6. The fourth-order valence-electron chi connectivity index (χ4n) is 4.14. The lowest BCUT2D eigenvalue weighted by molar-refractivity contribution is 0.144. The number of imidazole rings is 1. The predicted octanol–water partition coefficient (Wildman–Crippen LogP) is 5.42. The second kappa shape index (κ2) is 6.38. The monoisotopic (exact) mass is 385 g/mol. The van der Waals surface area contributed by atoms with Crippen molar-refractivity contribution in [3.05, 3.63) is 60.7 Å². The highest BCUT2D eigenvalue weighted by Crippen LogP contribution is 2.33. The van der Waals surface area contributed by atoms with Crippen LogP contribution >= 0.6 is 0 Å². The van der Waals surface area contributed by atoms with E-state index >= 15 is 0 Å². The van der Waals surface area contributed by atoms with Gasteiger partial charge in [0.05, 0.1) is 11.0 Å². The first-order chi connectivity index (χ1) is 14.1. The number of aromatic nitrogens is 3. The molecule has 5 aromatic rings. The SMILES string of the molecule is CCn1c2ccccc2c2cc(-c3nc4cc(OC(=O)O)ccc4n3C)ccc21. The van der Waals surface area contributed by atoms with Gasteiger partial charge < -0.3 is 19.0 Å². The van der Waals surface area contributed by atoms with Crippen molar-refractivity contribution in [1.29, 1.82) is 0 Å². The summed E-state index contributed by atoms with van der Waals surface area (Å²) in [6.07, 6.45) is -1.33. The Morgan fingerprint density at radius 3 is 2.55 bits per heavy atom. The number of benzene rings is 3. The van der Waals surface area contributed by atoms with Crippen molar-refractivity contribution < 1.29 is 14.6 Å². The fraction of sp³-hybridized carbons (Fsp3) is 0.130. The molecule has 0 fully saturated rings. The molecular formula is C23H19N3O3. The molecule has 2 heterocycles. The largest absolute Gasteiger partial charge is 0.511 e. The number of hydrogen-bond acceptors (Lipinski definition) is 3. The number of hydrogen-bond donors (Lipinski definition) is 1. The molecule has 0 bridgehead atoms. The zero-order valence-electron chi connectivity index (χ0n) is 16.1. The number of para-hydroxylation sites is 1. The van der Waals surface area contributed by atoms with Crippen LogP contribution in [0.1, 0.15) is 6.92 Å². The van der Waals surface area contributed by atoms with E-state index in [9.17, 15) is 4.79 Å². The van der Waals surface area contributed by atoms with E-state index in [1.807, 2.05) is 17.7 Å². The summed E-state index contributed by atoms with van der Waals surface area (Å²) in [5.74, 6) is 1.08. The highest BCUT2D eigenvalue weighted by molar-refractivity contribution is 6.09. The Hall–Kier alpha value is -3.80. The second-order valence-electron chi connectivity index (χ2n) is 7.01. The van der Waals surface area contributed by atoms with Crippen molar-refractivity contribution in [1.82, 2.24) is 14.1 Å². The summed E-state index contributed by atoms with van der Waals surface area (Å²) < 4.78 is 9.10. The molecule has 0 saturated carbocycles. The number of carbonyl (C=O) groups is 1. The molecule has 0 atom stereocenters. The third-order valence-electron chi connectivity index (χ3n) is 5.40. The maximum atomic E-state index is 10.8. The third-order valence-corrected chi connectivity index (χ3v) is 5.40. The van der Waals surface area contributed by atoms with Crippen molar-refractivity contribution in [2.24, 2.45) is 7.05 Å². The molecule has 0 saturated heterocycles. The number of carboxylic acid groups (broad SMARTS) is 1. The minimum atomic E-state index is -1.33. The van der Waals surface area contributed by atoms with Crippen molar-refractivity contribution in [2.75, 3.05) is 0 Å². The summed E-state index contributed by atoms with van der Waals surface area (Å²) in [6.45, 7) is 3.06. The molecule has 1 N–H and O–H groups in total. The highest BCUT2D eigenvalue weighted by Gasteiger charge is 2.15. The summed E-state index contributed by atoms with van der Waals surface area (Å²) in [7, 11) is 1.96. The van der Waals surface area contributed by atoms with E-state index in [1.54, 1.807) is 12.1 Å². The molecule has 0 aliphatic rings. The number of aryl methyl sites for hydroxylation is 2. The maximum absolute atomic E-state index is 10.8. The van der Waals surface area contributed by atoms with E-state index < -0.39 is 6.16 Å². The van der Waals surface area contributed by atoms with Gasteiger partial charge in [-0.3, -0.25) is 0 Å². The Labute approximate surface area is 166 Å². The lowest BCUT2D eigenvalue weighted by Crippen LogP contribution is -2.02. The molecule has 0 amide bonds. The van der Waals surface area contributed by atoms with Gasteiger partial charge in [0, 0.05) is 47.0 Å². The molecule has 3 aromatic carbocycles. The summed E-state index contributed by atoms with van der Waals surface area (Å²) in [5.41, 5.74) is 5.04. The first-order valence-electron chi connectivity index (χ1n) is 9.45. The van der Waals surface area contributed by atoms with E-state index in [2.05, 4.69) is 54.0 Å². The van der Waals surface area contributed by atoms with Crippen molar-refractivity contribution in [2.45, 2.75) is 13.5 Å².